The monoisotopic (exact) mass is 394 g/mol. The van der Waals surface area contributed by atoms with Gasteiger partial charge in [-0.15, -0.1) is 0 Å². The van der Waals surface area contributed by atoms with Crippen LogP contribution in [0, 0.1) is 0 Å². The first kappa shape index (κ1) is 23.4. The summed E-state index contributed by atoms with van der Waals surface area (Å²) in [7, 11) is 2.07. The van der Waals surface area contributed by atoms with Gasteiger partial charge in [0.25, 0.3) is 0 Å². The van der Waals surface area contributed by atoms with Gasteiger partial charge in [0.1, 0.15) is 0 Å². The van der Waals surface area contributed by atoms with Crippen LogP contribution in [0.3, 0.4) is 0 Å². The Kier molecular flexibility index (Phi) is 20.9. The second-order valence-electron chi connectivity index (χ2n) is 6.47. The van der Waals surface area contributed by atoms with E-state index in [-0.39, 0.29) is 21.9 Å². The normalized spacial score (nSPS) is 10.5. The molecular formula is C19H38O2SZn. The van der Waals surface area contributed by atoms with E-state index in [1.54, 1.807) is 0 Å². The topological polar surface area (TPSA) is 26.3 Å². The minimum atomic E-state index is -0.382. The average Bonchev–Trinajstić information content (AvgIpc) is 2.56. The Morgan fingerprint density at radius 1 is 0.826 bits per heavy atom. The van der Waals surface area contributed by atoms with Gasteiger partial charge in [0.05, 0.1) is 0 Å². The standard InChI is InChI=1S/C15H30O2S.C4H9.Zn/c1-2-3-4-5-6-7-8-9-10-11-13-17-15(16)12-14-18;1-3-4-2;/h18H,2-14H2,1H3;1,3-4H2,2H3;/q;;+1/p-1. The zero-order chi connectivity index (χ0) is 17.0. The fraction of sp³-hybridized carbons (Fsp3) is 0.947. The number of hydrogen-bond acceptors (Lipinski definition) is 3. The molecule has 0 aromatic heterocycles. The molecule has 0 saturated heterocycles. The quantitative estimate of drug-likeness (QED) is 0.145. The summed E-state index contributed by atoms with van der Waals surface area (Å²) in [6.45, 7) is 5.15. The molecule has 0 atom stereocenters. The summed E-state index contributed by atoms with van der Waals surface area (Å²) in [6, 6.07) is 0. The average molecular weight is 396 g/mol. The number of hydrogen-bond donors (Lipinski definition) is 0. The van der Waals surface area contributed by atoms with Crippen LogP contribution in [0.15, 0.2) is 0 Å². The number of carbonyl (C=O) groups is 1. The van der Waals surface area contributed by atoms with Crippen molar-refractivity contribution in [2.75, 3.05) is 12.4 Å². The Morgan fingerprint density at radius 2 is 1.39 bits per heavy atom. The molecule has 0 aromatic rings. The molecule has 0 aliphatic rings. The van der Waals surface area contributed by atoms with Crippen LogP contribution in [0.25, 0.3) is 0 Å². The molecule has 0 radical (unpaired) electrons. The van der Waals surface area contributed by atoms with Gasteiger partial charge in [-0.3, -0.25) is 0 Å². The maximum absolute atomic E-state index is 11.6. The summed E-state index contributed by atoms with van der Waals surface area (Å²) in [6.07, 6.45) is 16.5. The van der Waals surface area contributed by atoms with Crippen molar-refractivity contribution in [1.82, 2.24) is 0 Å². The molecule has 0 fully saturated rings. The molecule has 0 saturated carbocycles. The van der Waals surface area contributed by atoms with E-state index >= 15 is 0 Å². The maximum atomic E-state index is 11.6. The predicted octanol–water partition coefficient (Wildman–Crippen LogP) is 6.79. The third-order valence-corrected chi connectivity index (χ3v) is 11.7. The van der Waals surface area contributed by atoms with Gasteiger partial charge in [0, 0.05) is 0 Å². The Morgan fingerprint density at radius 3 is 2.00 bits per heavy atom. The fourth-order valence-corrected chi connectivity index (χ4v) is 9.29. The van der Waals surface area contributed by atoms with Gasteiger partial charge >= 0.3 is 123 Å². The first-order valence-electron chi connectivity index (χ1n) is 10.0. The summed E-state index contributed by atoms with van der Waals surface area (Å²) < 4.78 is 5.31. The van der Waals surface area contributed by atoms with Crippen LogP contribution >= 0.6 is 9.75 Å². The molecule has 0 rings (SSSR count). The van der Waals surface area contributed by atoms with Crippen molar-refractivity contribution in [3.63, 3.8) is 0 Å². The molecule has 23 heavy (non-hydrogen) atoms. The van der Waals surface area contributed by atoms with Crippen molar-refractivity contribution in [1.29, 1.82) is 0 Å². The SMILES string of the molecule is CCCCCCCCCCCCOC(=O)CC[S][Zn][CH2]CCC. The molecule has 4 heteroatoms. The van der Waals surface area contributed by atoms with Gasteiger partial charge < -0.3 is 0 Å². The van der Waals surface area contributed by atoms with E-state index in [1.807, 2.05) is 0 Å². The van der Waals surface area contributed by atoms with E-state index < -0.39 is 0 Å². The van der Waals surface area contributed by atoms with Crippen LogP contribution in [0.4, 0.5) is 0 Å². The van der Waals surface area contributed by atoms with Crippen LogP contribution in [-0.2, 0) is 25.4 Å². The number of ether oxygens (including phenoxy) is 1. The van der Waals surface area contributed by atoms with E-state index in [2.05, 4.69) is 23.6 Å². The van der Waals surface area contributed by atoms with Gasteiger partial charge in [-0.1, -0.05) is 32.6 Å². The fourth-order valence-electron chi connectivity index (χ4n) is 2.56. The Bertz CT molecular complexity index is 250. The number of esters is 1. The molecule has 2 nitrogen and oxygen atoms in total. The van der Waals surface area contributed by atoms with E-state index in [4.69, 9.17) is 4.74 Å². The molecule has 0 N–H and O–H groups in total. The van der Waals surface area contributed by atoms with Gasteiger partial charge in [-0.25, -0.2) is 0 Å². The second kappa shape index (κ2) is 20.5. The summed E-state index contributed by atoms with van der Waals surface area (Å²) in [5.41, 5.74) is 0. The molecular weight excluding hydrogens is 358 g/mol. The molecule has 0 aromatic carbocycles. The summed E-state index contributed by atoms with van der Waals surface area (Å²) in [5.74, 6) is 1.02. The molecule has 134 valence electrons. The Labute approximate surface area is 155 Å². The Hall–Kier alpha value is 0.443. The zero-order valence-corrected chi connectivity index (χ0v) is 19.5. The molecule has 0 heterocycles. The first-order chi connectivity index (χ1) is 11.3. The summed E-state index contributed by atoms with van der Waals surface area (Å²) in [5, 5.41) is 1.46. The van der Waals surface area contributed by atoms with Crippen molar-refractivity contribution >= 4 is 15.7 Å². The molecule has 0 unspecified atom stereocenters. The van der Waals surface area contributed by atoms with E-state index in [1.165, 1.54) is 75.6 Å². The Balaban J connectivity index is 3.11. The van der Waals surface area contributed by atoms with Crippen molar-refractivity contribution in [2.24, 2.45) is 0 Å². The number of rotatable bonds is 18. The van der Waals surface area contributed by atoms with Gasteiger partial charge in [0.2, 0.25) is 0 Å². The summed E-state index contributed by atoms with van der Waals surface area (Å²) in [4.78, 5) is 11.6. The van der Waals surface area contributed by atoms with E-state index in [0.717, 1.165) is 12.2 Å². The van der Waals surface area contributed by atoms with Crippen molar-refractivity contribution in [3.05, 3.63) is 0 Å². The minimum absolute atomic E-state index is 0.0197. The van der Waals surface area contributed by atoms with E-state index in [9.17, 15) is 4.79 Å². The molecule has 0 aliphatic carbocycles. The first-order valence-corrected chi connectivity index (χ1v) is 16.9. The van der Waals surface area contributed by atoms with Crippen LogP contribution in [0.1, 0.15) is 97.3 Å². The zero-order valence-electron chi connectivity index (χ0n) is 15.7. The van der Waals surface area contributed by atoms with Crippen molar-refractivity contribution in [3.8, 4) is 0 Å². The van der Waals surface area contributed by atoms with Crippen LogP contribution in [-0.4, -0.2) is 18.3 Å². The van der Waals surface area contributed by atoms with Crippen molar-refractivity contribution in [2.45, 2.75) is 102 Å². The number of carbonyl (C=O) groups excluding carboxylic acids is 1. The number of unbranched alkanes of at least 4 members (excludes halogenated alkanes) is 10. The van der Waals surface area contributed by atoms with Crippen LogP contribution in [0.2, 0.25) is 5.02 Å². The third-order valence-electron chi connectivity index (χ3n) is 4.10. The molecule has 0 aliphatic heterocycles. The third kappa shape index (κ3) is 20.4. The van der Waals surface area contributed by atoms with Crippen molar-refractivity contribution < 1.29 is 25.4 Å². The molecule has 0 spiro atoms. The second-order valence-corrected chi connectivity index (χ2v) is 14.3. The van der Waals surface area contributed by atoms with Gasteiger partial charge in [-0.2, -0.15) is 0 Å². The van der Waals surface area contributed by atoms with Gasteiger partial charge in [-0.05, 0) is 0 Å². The molecule has 0 bridgehead atoms. The van der Waals surface area contributed by atoms with Crippen LogP contribution in [0.5, 0.6) is 0 Å². The molecule has 0 amide bonds. The van der Waals surface area contributed by atoms with Gasteiger partial charge in [0.15, 0.2) is 0 Å². The summed E-state index contributed by atoms with van der Waals surface area (Å²) >= 11 is -0.382. The van der Waals surface area contributed by atoms with Crippen LogP contribution < -0.4 is 0 Å². The predicted molar refractivity (Wildman–Crippen MR) is 99.6 cm³/mol. The van der Waals surface area contributed by atoms with E-state index in [0.29, 0.717) is 13.0 Å².